The predicted molar refractivity (Wildman–Crippen MR) is 170 cm³/mol. The fraction of sp³-hybridized carbons (Fsp3) is 0.818. The molecule has 13 nitrogen and oxygen atoms in total. The van der Waals surface area contributed by atoms with E-state index in [-0.39, 0.29) is 29.7 Å². The lowest BCUT2D eigenvalue weighted by Crippen LogP contribution is -2.63. The Kier molecular flexibility index (Phi) is 10.0. The zero-order valence-corrected chi connectivity index (χ0v) is 28.7. The van der Waals surface area contributed by atoms with Crippen molar-refractivity contribution in [2.45, 2.75) is 112 Å². The molecule has 4 fully saturated rings. The van der Waals surface area contributed by atoms with Crippen LogP contribution in [0.2, 0.25) is 0 Å². The second-order valence-electron chi connectivity index (χ2n) is 16.5. The maximum Gasteiger partial charge on any atom is 0.409 e. The molecule has 0 aromatic rings. The largest absolute Gasteiger partial charge is 0.449 e. The van der Waals surface area contributed by atoms with E-state index in [0.29, 0.717) is 32.5 Å². The van der Waals surface area contributed by atoms with Gasteiger partial charge in [-0.3, -0.25) is 19.2 Å². The Labute approximate surface area is 272 Å². The smallest absolute Gasteiger partial charge is 0.409 e. The summed E-state index contributed by atoms with van der Waals surface area (Å²) in [6, 6.07) is -3.89. The van der Waals surface area contributed by atoms with Crippen molar-refractivity contribution in [2.24, 2.45) is 39.7 Å². The summed E-state index contributed by atoms with van der Waals surface area (Å²) < 4.78 is 5.17. The minimum Gasteiger partial charge on any atom is -0.449 e. The lowest BCUT2D eigenvalue weighted by atomic mass is 9.80. The molecule has 0 radical (unpaired) electrons. The molecule has 2 aliphatic heterocycles. The first-order valence-corrected chi connectivity index (χ1v) is 16.7. The molecule has 2 saturated heterocycles. The molecule has 6 amide bonds. The molecule has 2 heterocycles. The SMILES string of the molecule is CC(C)(C)[C@H](NC(=O)N[C@H](CN1CCCOC1=O)C(C)(C)C)C(=O)N1C[C@H]2[C@@H]([C@H]1C(=O)NC(CC1CCC1)C(=O)C(N)=O)C2(C)C. The summed E-state index contributed by atoms with van der Waals surface area (Å²) in [5.74, 6) is -2.63. The van der Waals surface area contributed by atoms with E-state index in [4.69, 9.17) is 10.5 Å². The topological polar surface area (TPSA) is 180 Å². The first-order valence-electron chi connectivity index (χ1n) is 16.7. The number of cyclic esters (lactones) is 1. The van der Waals surface area contributed by atoms with Gasteiger partial charge >= 0.3 is 12.1 Å². The fourth-order valence-electron chi connectivity index (χ4n) is 7.20. The number of fused-ring (bicyclic) bond motifs is 1. The standard InChI is InChI=1S/C33H54N6O7/c1-31(2,3)21(17-38-13-10-14-46-30(38)45)36-29(44)37-25(32(4,5)6)28(43)39-16-19-22(33(19,7)8)23(39)27(42)35-20(24(40)26(34)41)15-18-11-9-12-18/h18-23,25H,9-17H2,1-8H3,(H2,34,41)(H,35,42)(H2,36,37,44)/t19-,20?,21+,22-,23-,25+/m0/s1. The number of carbonyl (C=O) groups is 6. The normalized spacial score (nSPS) is 26.1. The Balaban J connectivity index is 1.51. The van der Waals surface area contributed by atoms with E-state index in [2.05, 4.69) is 29.8 Å². The zero-order chi connectivity index (χ0) is 34.4. The molecule has 0 aromatic heterocycles. The highest BCUT2D eigenvalue weighted by Crippen LogP contribution is 2.65. The van der Waals surface area contributed by atoms with Gasteiger partial charge in [0.15, 0.2) is 0 Å². The number of hydrogen-bond acceptors (Lipinski definition) is 7. The summed E-state index contributed by atoms with van der Waals surface area (Å²) in [7, 11) is 0. The lowest BCUT2D eigenvalue weighted by molar-refractivity contribution is -0.145. The Morgan fingerprint density at radius 3 is 2.15 bits per heavy atom. The second kappa shape index (κ2) is 13.0. The van der Waals surface area contributed by atoms with E-state index >= 15 is 0 Å². The summed E-state index contributed by atoms with van der Waals surface area (Å²) >= 11 is 0. The maximum atomic E-state index is 14.3. The van der Waals surface area contributed by atoms with E-state index in [1.807, 2.05) is 41.5 Å². The molecule has 1 unspecified atom stereocenters. The molecule has 4 rings (SSSR count). The molecule has 258 valence electrons. The number of primary amides is 1. The molecule has 4 aliphatic rings. The third kappa shape index (κ3) is 7.60. The molecule has 0 spiro atoms. The Morgan fingerprint density at radius 2 is 1.63 bits per heavy atom. The van der Waals surface area contributed by atoms with Crippen molar-refractivity contribution in [2.75, 3.05) is 26.2 Å². The number of nitrogens with one attached hydrogen (secondary N) is 3. The predicted octanol–water partition coefficient (Wildman–Crippen LogP) is 2.17. The van der Waals surface area contributed by atoms with Gasteiger partial charge in [-0.1, -0.05) is 74.7 Å². The van der Waals surface area contributed by atoms with Crippen LogP contribution in [-0.2, 0) is 23.9 Å². The number of amides is 6. The summed E-state index contributed by atoms with van der Waals surface area (Å²) in [6.45, 7) is 17.0. The van der Waals surface area contributed by atoms with Crippen LogP contribution in [-0.4, -0.2) is 95.8 Å². The van der Waals surface area contributed by atoms with Gasteiger partial charge in [-0.2, -0.15) is 0 Å². The van der Waals surface area contributed by atoms with Gasteiger partial charge in [0.25, 0.3) is 5.91 Å². The number of carbonyl (C=O) groups excluding carboxylic acids is 6. The van der Waals surface area contributed by atoms with Crippen molar-refractivity contribution in [1.82, 2.24) is 25.8 Å². The Morgan fingerprint density at radius 1 is 0.978 bits per heavy atom. The molecule has 6 atom stereocenters. The summed E-state index contributed by atoms with van der Waals surface area (Å²) in [4.78, 5) is 81.7. The zero-order valence-electron chi connectivity index (χ0n) is 28.7. The number of ether oxygens (including phenoxy) is 1. The van der Waals surface area contributed by atoms with Gasteiger partial charge in [0.05, 0.1) is 18.7 Å². The average molecular weight is 647 g/mol. The van der Waals surface area contributed by atoms with Crippen molar-refractivity contribution in [3.8, 4) is 0 Å². The van der Waals surface area contributed by atoms with Crippen LogP contribution in [0.15, 0.2) is 0 Å². The highest BCUT2D eigenvalue weighted by molar-refractivity contribution is 6.37. The van der Waals surface area contributed by atoms with Crippen molar-refractivity contribution >= 4 is 35.6 Å². The van der Waals surface area contributed by atoms with Crippen molar-refractivity contribution in [3.05, 3.63) is 0 Å². The number of hydrogen-bond donors (Lipinski definition) is 4. The first-order chi connectivity index (χ1) is 21.2. The molecule has 2 saturated carbocycles. The van der Waals surface area contributed by atoms with Gasteiger partial charge in [0.2, 0.25) is 17.6 Å². The minimum atomic E-state index is -1.10. The third-order valence-electron chi connectivity index (χ3n) is 10.6. The molecular weight excluding hydrogens is 592 g/mol. The average Bonchev–Trinajstić information content (AvgIpc) is 3.24. The second-order valence-corrected chi connectivity index (χ2v) is 16.5. The number of rotatable bonds is 11. The van der Waals surface area contributed by atoms with Crippen molar-refractivity contribution in [3.63, 3.8) is 0 Å². The molecule has 0 bridgehead atoms. The van der Waals surface area contributed by atoms with Crippen LogP contribution in [0.5, 0.6) is 0 Å². The summed E-state index contributed by atoms with van der Waals surface area (Å²) in [5.41, 5.74) is 4.01. The van der Waals surface area contributed by atoms with E-state index in [1.54, 1.807) is 4.90 Å². The number of nitrogens with zero attached hydrogens (tertiary/aromatic N) is 2. The van der Waals surface area contributed by atoms with Crippen LogP contribution < -0.4 is 21.7 Å². The van der Waals surface area contributed by atoms with E-state index in [9.17, 15) is 28.8 Å². The van der Waals surface area contributed by atoms with Crippen LogP contribution in [0, 0.1) is 34.0 Å². The van der Waals surface area contributed by atoms with Crippen molar-refractivity contribution < 1.29 is 33.5 Å². The van der Waals surface area contributed by atoms with Crippen LogP contribution >= 0.6 is 0 Å². The first kappa shape index (κ1) is 35.5. The minimum absolute atomic E-state index is 0.0770. The number of urea groups is 1. The Bertz CT molecular complexity index is 1230. The van der Waals surface area contributed by atoms with Crippen LogP contribution in [0.4, 0.5) is 9.59 Å². The van der Waals surface area contributed by atoms with E-state index in [1.165, 1.54) is 4.90 Å². The van der Waals surface area contributed by atoms with Gasteiger partial charge in [-0.25, -0.2) is 9.59 Å². The lowest BCUT2D eigenvalue weighted by Gasteiger charge is -2.39. The number of ketones is 1. The monoisotopic (exact) mass is 646 g/mol. The molecule has 0 aromatic carbocycles. The van der Waals surface area contributed by atoms with Gasteiger partial charge in [-0.15, -0.1) is 0 Å². The van der Waals surface area contributed by atoms with Gasteiger partial charge in [0, 0.05) is 19.6 Å². The van der Waals surface area contributed by atoms with Gasteiger partial charge in [0.1, 0.15) is 12.1 Å². The van der Waals surface area contributed by atoms with E-state index in [0.717, 1.165) is 19.3 Å². The Hall–Kier alpha value is -3.38. The number of likely N-dealkylation sites (tertiary alicyclic amines) is 1. The highest BCUT2D eigenvalue weighted by atomic mass is 16.6. The number of piperidine rings is 1. The summed E-state index contributed by atoms with van der Waals surface area (Å²) in [6.07, 6.45) is 3.50. The molecular formula is C33H54N6O7. The van der Waals surface area contributed by atoms with Gasteiger partial charge < -0.3 is 36.2 Å². The van der Waals surface area contributed by atoms with Crippen molar-refractivity contribution in [1.29, 1.82) is 0 Å². The van der Waals surface area contributed by atoms with Crippen LogP contribution in [0.25, 0.3) is 0 Å². The maximum absolute atomic E-state index is 14.3. The molecule has 13 heteroatoms. The van der Waals surface area contributed by atoms with Crippen LogP contribution in [0.3, 0.4) is 0 Å². The molecule has 5 N–H and O–H groups in total. The highest BCUT2D eigenvalue weighted by Gasteiger charge is 2.70. The fourth-order valence-corrected chi connectivity index (χ4v) is 7.20. The third-order valence-corrected chi connectivity index (χ3v) is 10.6. The molecule has 2 aliphatic carbocycles. The molecule has 46 heavy (non-hydrogen) atoms. The van der Waals surface area contributed by atoms with Crippen LogP contribution in [0.1, 0.15) is 87.5 Å². The quantitative estimate of drug-likeness (QED) is 0.248. The number of Topliss-reactive ketones (excluding diaryl/α,β-unsaturated/α-hetero) is 1. The van der Waals surface area contributed by atoms with E-state index < -0.39 is 70.6 Å². The number of nitrogens with two attached hydrogens (primary N) is 1. The summed E-state index contributed by atoms with van der Waals surface area (Å²) in [5, 5.41) is 8.67. The van der Waals surface area contributed by atoms with Gasteiger partial charge in [-0.05, 0) is 46.8 Å².